The first-order chi connectivity index (χ1) is 14.3. The van der Waals surface area contributed by atoms with Crippen molar-refractivity contribution in [2.75, 3.05) is 25.0 Å². The molecule has 0 aliphatic carbocycles. The lowest BCUT2D eigenvalue weighted by Crippen LogP contribution is -2.52. The van der Waals surface area contributed by atoms with E-state index in [9.17, 15) is 9.59 Å². The van der Waals surface area contributed by atoms with Crippen LogP contribution in [0.15, 0.2) is 47.5 Å². The summed E-state index contributed by atoms with van der Waals surface area (Å²) in [7, 11) is 0. The van der Waals surface area contributed by atoms with Crippen molar-refractivity contribution >= 4 is 23.2 Å². The van der Waals surface area contributed by atoms with Gasteiger partial charge in [0, 0.05) is 37.2 Å². The Labute approximate surface area is 177 Å². The molecule has 6 heteroatoms. The van der Waals surface area contributed by atoms with Crippen molar-refractivity contribution in [1.82, 2.24) is 10.2 Å². The van der Waals surface area contributed by atoms with Gasteiger partial charge >= 0.3 is 0 Å². The molecule has 2 aromatic rings. The molecule has 0 aromatic heterocycles. The lowest BCUT2D eigenvalue weighted by atomic mass is 9.98. The largest absolute Gasteiger partial charge is 0.326 e. The zero-order valence-corrected chi connectivity index (χ0v) is 17.8. The summed E-state index contributed by atoms with van der Waals surface area (Å²) in [5.41, 5.74) is 5.16. The second-order valence-corrected chi connectivity index (χ2v) is 8.44. The summed E-state index contributed by atoms with van der Waals surface area (Å²) in [5.74, 6) is -0.131. The highest BCUT2D eigenvalue weighted by atomic mass is 16.2. The highest BCUT2D eigenvalue weighted by Gasteiger charge is 2.42. The van der Waals surface area contributed by atoms with Gasteiger partial charge in [0.25, 0.3) is 5.91 Å². The standard InChI is InChI=1S/C24H28N4O2/c1-16-4-8-20(9-5-16)25-21(29)15-28-12-10-24(11-13-28)26-22(23(30)27-24)19-7-6-17(2)18(3)14-19/h4-9,14H,10-13,15H2,1-3H3,(H,25,29)(H,27,30). The molecule has 2 aliphatic heterocycles. The molecule has 2 amide bonds. The number of aryl methyl sites for hydroxylation is 3. The fourth-order valence-electron chi connectivity index (χ4n) is 4.01. The summed E-state index contributed by atoms with van der Waals surface area (Å²) in [6, 6.07) is 13.8. The van der Waals surface area contributed by atoms with E-state index in [-0.39, 0.29) is 11.8 Å². The fourth-order valence-corrected chi connectivity index (χ4v) is 4.01. The molecular weight excluding hydrogens is 376 g/mol. The molecule has 4 rings (SSSR count). The first-order valence-electron chi connectivity index (χ1n) is 10.4. The first kappa shape index (κ1) is 20.3. The number of hydrogen-bond donors (Lipinski definition) is 2. The Bertz CT molecular complexity index is 1000. The molecule has 1 saturated heterocycles. The molecular formula is C24H28N4O2. The van der Waals surface area contributed by atoms with Crippen LogP contribution in [0.1, 0.15) is 35.1 Å². The summed E-state index contributed by atoms with van der Waals surface area (Å²) in [4.78, 5) is 31.9. The van der Waals surface area contributed by atoms with E-state index >= 15 is 0 Å². The number of piperidine rings is 1. The fraction of sp³-hybridized carbons (Fsp3) is 0.375. The Kier molecular flexibility index (Phi) is 5.43. The zero-order chi connectivity index (χ0) is 21.3. The number of aliphatic imine (C=N–C) groups is 1. The third-order valence-corrected chi connectivity index (χ3v) is 6.05. The molecule has 0 bridgehead atoms. The molecule has 156 valence electrons. The number of nitrogens with zero attached hydrogens (tertiary/aromatic N) is 2. The zero-order valence-electron chi connectivity index (χ0n) is 17.8. The van der Waals surface area contributed by atoms with E-state index in [1.807, 2.05) is 56.3 Å². The topological polar surface area (TPSA) is 73.8 Å². The predicted molar refractivity (Wildman–Crippen MR) is 119 cm³/mol. The third-order valence-electron chi connectivity index (χ3n) is 6.05. The Morgan fingerprint density at radius 3 is 2.43 bits per heavy atom. The number of nitrogens with one attached hydrogen (secondary N) is 2. The molecule has 0 radical (unpaired) electrons. The van der Waals surface area contributed by atoms with Gasteiger partial charge in [-0.15, -0.1) is 0 Å². The van der Waals surface area contributed by atoms with Crippen LogP contribution in [-0.2, 0) is 9.59 Å². The lowest BCUT2D eigenvalue weighted by Gasteiger charge is -2.36. The maximum absolute atomic E-state index is 12.6. The van der Waals surface area contributed by atoms with Gasteiger partial charge in [-0.3, -0.25) is 19.5 Å². The van der Waals surface area contributed by atoms with Crippen molar-refractivity contribution in [3.05, 3.63) is 64.7 Å². The van der Waals surface area contributed by atoms with Gasteiger partial charge in [0.15, 0.2) is 0 Å². The van der Waals surface area contributed by atoms with Crippen LogP contribution in [0, 0.1) is 20.8 Å². The number of benzene rings is 2. The van der Waals surface area contributed by atoms with Crippen LogP contribution >= 0.6 is 0 Å². The van der Waals surface area contributed by atoms with Crippen molar-refractivity contribution in [1.29, 1.82) is 0 Å². The van der Waals surface area contributed by atoms with Gasteiger partial charge in [-0.1, -0.05) is 29.8 Å². The minimum atomic E-state index is -0.546. The van der Waals surface area contributed by atoms with Crippen LogP contribution < -0.4 is 10.6 Å². The van der Waals surface area contributed by atoms with E-state index in [2.05, 4.69) is 22.5 Å². The second-order valence-electron chi connectivity index (χ2n) is 8.44. The summed E-state index contributed by atoms with van der Waals surface area (Å²) >= 11 is 0. The molecule has 30 heavy (non-hydrogen) atoms. The average Bonchev–Trinajstić information content (AvgIpc) is 3.04. The van der Waals surface area contributed by atoms with E-state index < -0.39 is 5.66 Å². The Morgan fingerprint density at radius 1 is 1.07 bits per heavy atom. The molecule has 2 heterocycles. The maximum Gasteiger partial charge on any atom is 0.272 e. The first-order valence-corrected chi connectivity index (χ1v) is 10.4. The number of amides is 2. The monoisotopic (exact) mass is 404 g/mol. The maximum atomic E-state index is 12.6. The lowest BCUT2D eigenvalue weighted by molar-refractivity contribution is -0.119. The number of anilines is 1. The quantitative estimate of drug-likeness (QED) is 0.823. The van der Waals surface area contributed by atoms with Gasteiger partial charge in [0.1, 0.15) is 11.4 Å². The summed E-state index contributed by atoms with van der Waals surface area (Å²) in [6.45, 7) is 7.89. The number of likely N-dealkylation sites (tertiary alicyclic amines) is 1. The van der Waals surface area contributed by atoms with E-state index in [1.54, 1.807) is 0 Å². The van der Waals surface area contributed by atoms with Crippen molar-refractivity contribution < 1.29 is 9.59 Å². The molecule has 2 aliphatic rings. The van der Waals surface area contributed by atoms with Crippen LogP contribution in [0.5, 0.6) is 0 Å². The number of carbonyl (C=O) groups excluding carboxylic acids is 2. The van der Waals surface area contributed by atoms with Crippen molar-refractivity contribution in [3.8, 4) is 0 Å². The van der Waals surface area contributed by atoms with Gasteiger partial charge in [0.05, 0.1) is 6.54 Å². The second kappa shape index (κ2) is 8.03. The van der Waals surface area contributed by atoms with Crippen LogP contribution in [0.25, 0.3) is 0 Å². The Hall–Kier alpha value is -2.99. The predicted octanol–water partition coefficient (Wildman–Crippen LogP) is 2.96. The van der Waals surface area contributed by atoms with Gasteiger partial charge < -0.3 is 10.6 Å². The van der Waals surface area contributed by atoms with Gasteiger partial charge in [-0.05, 0) is 50.1 Å². The normalized spacial score (nSPS) is 18.2. The van der Waals surface area contributed by atoms with Crippen LogP contribution in [0.4, 0.5) is 5.69 Å². The van der Waals surface area contributed by atoms with Crippen molar-refractivity contribution in [3.63, 3.8) is 0 Å². The van der Waals surface area contributed by atoms with Crippen molar-refractivity contribution in [2.45, 2.75) is 39.3 Å². The minimum absolute atomic E-state index is 0.0235. The number of hydrogen-bond acceptors (Lipinski definition) is 4. The highest BCUT2D eigenvalue weighted by molar-refractivity contribution is 6.46. The molecule has 0 unspecified atom stereocenters. The van der Waals surface area contributed by atoms with Crippen molar-refractivity contribution in [2.24, 2.45) is 4.99 Å². The van der Waals surface area contributed by atoms with Gasteiger partial charge in [-0.25, -0.2) is 0 Å². The SMILES string of the molecule is Cc1ccc(NC(=O)CN2CCC3(CC2)N=C(c2ccc(C)c(C)c2)C(=O)N3)cc1. The summed E-state index contributed by atoms with van der Waals surface area (Å²) in [5, 5.41) is 6.05. The van der Waals surface area contributed by atoms with Crippen LogP contribution in [0.2, 0.25) is 0 Å². The third kappa shape index (κ3) is 4.28. The van der Waals surface area contributed by atoms with Crippen LogP contribution in [-0.4, -0.2) is 47.7 Å². The number of carbonyl (C=O) groups is 2. The van der Waals surface area contributed by atoms with Gasteiger partial charge in [0.2, 0.25) is 5.91 Å². The number of rotatable bonds is 4. The molecule has 1 spiro atoms. The molecule has 2 N–H and O–H groups in total. The van der Waals surface area contributed by atoms with Crippen LogP contribution in [0.3, 0.4) is 0 Å². The summed E-state index contributed by atoms with van der Waals surface area (Å²) in [6.07, 6.45) is 1.40. The highest BCUT2D eigenvalue weighted by Crippen LogP contribution is 2.29. The van der Waals surface area contributed by atoms with E-state index in [0.29, 0.717) is 38.2 Å². The molecule has 0 atom stereocenters. The Morgan fingerprint density at radius 2 is 1.77 bits per heavy atom. The molecule has 1 fully saturated rings. The van der Waals surface area contributed by atoms with E-state index in [0.717, 1.165) is 22.4 Å². The average molecular weight is 405 g/mol. The van der Waals surface area contributed by atoms with E-state index in [1.165, 1.54) is 5.56 Å². The van der Waals surface area contributed by atoms with Gasteiger partial charge in [-0.2, -0.15) is 0 Å². The minimum Gasteiger partial charge on any atom is -0.326 e. The smallest absolute Gasteiger partial charge is 0.272 e. The molecule has 0 saturated carbocycles. The molecule has 2 aromatic carbocycles. The molecule has 6 nitrogen and oxygen atoms in total. The summed E-state index contributed by atoms with van der Waals surface area (Å²) < 4.78 is 0. The Balaban J connectivity index is 1.37. The van der Waals surface area contributed by atoms with E-state index in [4.69, 9.17) is 4.99 Å².